The Kier molecular flexibility index (Phi) is 78.8. The van der Waals surface area contributed by atoms with Gasteiger partial charge in [0.2, 0.25) is 5.91 Å². The van der Waals surface area contributed by atoms with Gasteiger partial charge in [-0.2, -0.15) is 0 Å². The molecule has 42 heteroatoms. The lowest BCUT2D eigenvalue weighted by molar-refractivity contribution is -0.141. The van der Waals surface area contributed by atoms with Crippen LogP contribution in [0.3, 0.4) is 0 Å². The Labute approximate surface area is 824 Å². The molecule has 7 rings (SSSR count). The number of ether oxygens (including phenoxy) is 12. The van der Waals surface area contributed by atoms with E-state index in [0.29, 0.717) is 51.5 Å². The van der Waals surface area contributed by atoms with Crippen molar-refractivity contribution >= 4 is 105 Å². The summed E-state index contributed by atoms with van der Waals surface area (Å²) >= 11 is 0. The number of amides is 6. The number of alkyl carbamates (subject to hydrolysis) is 5. The predicted octanol–water partition coefficient (Wildman–Crippen LogP) is 10.5. The first-order valence-electron chi connectivity index (χ1n) is 47.6. The molecule has 13 atom stereocenters. The summed E-state index contributed by atoms with van der Waals surface area (Å²) in [6.45, 7) is 74.5. The van der Waals surface area contributed by atoms with Gasteiger partial charge in [0.15, 0.2) is 5.78 Å². The molecular weight excluding hydrogens is 1810 g/mol. The van der Waals surface area contributed by atoms with Crippen LogP contribution in [0.4, 0.5) is 28.4 Å². The van der Waals surface area contributed by atoms with Gasteiger partial charge in [-0.1, -0.05) is 74.7 Å². The third-order valence-electron chi connectivity index (χ3n) is 19.8. The van der Waals surface area contributed by atoms with Crippen LogP contribution in [0, 0.1) is 29.6 Å². The van der Waals surface area contributed by atoms with Gasteiger partial charge in [0.1, 0.15) is 59.8 Å². The van der Waals surface area contributed by atoms with Crippen LogP contribution < -0.4 is 43.4 Å². The number of aliphatic carboxylic acids is 2. The lowest BCUT2D eigenvalue weighted by atomic mass is 9.90. The molecule has 2 radical (unpaired) electrons. The fraction of sp³-hybridized carbons (Fsp3) is 0.891. The van der Waals surface area contributed by atoms with Crippen molar-refractivity contribution in [1.82, 2.24) is 56.4 Å². The number of carbonyl (C=O) groups is 10. The van der Waals surface area contributed by atoms with E-state index in [4.69, 9.17) is 87.7 Å². The van der Waals surface area contributed by atoms with Gasteiger partial charge >= 0.3 is 42.4 Å². The molecule has 12 N–H and O–H groups in total. The molecular formula is C92H184BCl3FN13O24. The van der Waals surface area contributed by atoms with E-state index in [0.717, 1.165) is 190 Å². The van der Waals surface area contributed by atoms with E-state index >= 15 is 0 Å². The summed E-state index contributed by atoms with van der Waals surface area (Å²) in [4.78, 5) is 127. The number of nitrogens with zero attached hydrogens (tertiary/aromatic N) is 5. The van der Waals surface area contributed by atoms with E-state index in [1.807, 2.05) is 76.2 Å². The first kappa shape index (κ1) is 137. The third-order valence-corrected chi connectivity index (χ3v) is 19.8. The van der Waals surface area contributed by atoms with E-state index in [9.17, 15) is 52.3 Å². The number of carbonyl (C=O) groups excluding carboxylic acids is 8. The average Bonchev–Trinajstić information content (AvgIpc) is 1.14. The maximum atomic E-state index is 12.8. The van der Waals surface area contributed by atoms with Crippen LogP contribution in [0.15, 0.2) is 0 Å². The Hall–Kier alpha value is -5.60. The van der Waals surface area contributed by atoms with Gasteiger partial charge in [0.25, 0.3) is 0 Å². The Balaban J connectivity index is -0.000000352. The van der Waals surface area contributed by atoms with Gasteiger partial charge in [-0.3, -0.25) is 43.2 Å². The largest absolute Gasteiger partial charge is 0.480 e. The fourth-order valence-electron chi connectivity index (χ4n) is 12.6. The molecule has 7 fully saturated rings. The summed E-state index contributed by atoms with van der Waals surface area (Å²) in [6.07, 6.45) is 2.85. The van der Waals surface area contributed by atoms with E-state index in [2.05, 4.69) is 79.2 Å². The molecule has 0 saturated carbocycles. The van der Waals surface area contributed by atoms with Crippen molar-refractivity contribution in [3.8, 4) is 0 Å². The second kappa shape index (κ2) is 77.2. The highest BCUT2D eigenvalue weighted by Gasteiger charge is 2.33. The van der Waals surface area contributed by atoms with Crippen molar-refractivity contribution in [2.24, 2.45) is 41.1 Å². The van der Waals surface area contributed by atoms with E-state index < -0.39 is 95.6 Å². The zero-order valence-electron chi connectivity index (χ0n) is 87.6. The molecule has 0 aromatic rings. The molecule has 0 spiro atoms. The Morgan fingerprint density at radius 2 is 0.724 bits per heavy atom. The minimum Gasteiger partial charge on any atom is -0.480 e. The number of carboxylic acids is 2. The smallest absolute Gasteiger partial charge is 0.408 e. The number of hydrogen-bond donors (Lipinski definition) is 10. The molecule has 7 heterocycles. The van der Waals surface area contributed by atoms with Crippen LogP contribution in [-0.2, 0) is 80.8 Å². The van der Waals surface area contributed by atoms with Gasteiger partial charge < -0.3 is 115 Å². The number of carboxylic acid groups (broad SMARTS) is 2. The summed E-state index contributed by atoms with van der Waals surface area (Å²) in [6, 6.07) is -2.78. The van der Waals surface area contributed by atoms with Gasteiger partial charge in [-0.05, 0) is 174 Å². The number of halogens is 4. The number of nitrogens with two attached hydrogens (primary N) is 2. The van der Waals surface area contributed by atoms with Gasteiger partial charge in [0, 0.05) is 142 Å². The number of ketones is 2. The summed E-state index contributed by atoms with van der Waals surface area (Å²) in [5.41, 5.74) is 8.80. The number of morpholine rings is 6. The van der Waals surface area contributed by atoms with Crippen LogP contribution in [0.2, 0.25) is 0 Å². The second-order valence-corrected chi connectivity index (χ2v) is 38.9. The third kappa shape index (κ3) is 79.2. The van der Waals surface area contributed by atoms with E-state index in [1.165, 1.54) is 6.92 Å². The average molecular weight is 1990 g/mol. The first-order chi connectivity index (χ1) is 61.3. The molecule has 134 heavy (non-hydrogen) atoms. The number of Topliss-reactive ketones (excluding diaryl/α,β-unsaturated/α-hetero) is 2. The molecule has 6 amide bonds. The zero-order valence-corrected chi connectivity index (χ0v) is 89.1. The molecule has 792 valence electrons. The van der Waals surface area contributed by atoms with Crippen LogP contribution in [-0.4, -0.2) is 376 Å². The second-order valence-electron chi connectivity index (χ2n) is 38.9. The summed E-state index contributed by atoms with van der Waals surface area (Å²) in [5.74, 6) is -1.08. The van der Waals surface area contributed by atoms with Crippen LogP contribution in [0.1, 0.15) is 233 Å². The van der Waals surface area contributed by atoms with E-state index in [-0.39, 0.29) is 109 Å². The first-order valence-corrected chi connectivity index (χ1v) is 46.9. The summed E-state index contributed by atoms with van der Waals surface area (Å²) in [5, 5.41) is 33.3. The molecule has 7 aliphatic heterocycles. The molecule has 7 aliphatic rings. The Bertz CT molecular complexity index is 3090. The molecule has 0 bridgehead atoms. The highest BCUT2D eigenvalue weighted by atomic mass is 35.5. The summed E-state index contributed by atoms with van der Waals surface area (Å²) < 4.78 is 77.2. The quantitative estimate of drug-likeness (QED) is 0.0257. The molecule has 7 saturated heterocycles. The standard InChI is InChI=1S/C19H36N2O4.C14H28N2O2.C12H22N2O4.C12H24N2O3.C11H21NO4.C8H15NO4.C7H16N2O.C4H7BO.C4H9NO.CH3F.3ClH/c1-7-15(3)17(20-18(23)25-19(4,5)6)16(22)12-14(2)13-21-8-10-24-11-9-21;1-4-12(3)14(15)13(17)9-11(2)10-16-5-7-18-8-6-16;1-9(13-11(16)18-12(2,3)4)10(15)14-5-7-17-8-6-14;1-10(9-14-5-7-16-8-6-14)13-11(15)17-12(2,3)4;1-6-7(2)8(9(13)14)12-10(15)16-11(3,4)5;1-5(6(10)11)9-7(12)13-8(2,3)4;1-7(8)6-9-2-4-10-5-3-9;5-4-2-1-3-6-4;1-3-6-4-2-5-1;1-2;;;/h14-15,17H,7-13H2,1-6H3,(H,20,23);11-12,14H,4-10,15H2,1-3H3;9H,5-8H2,1-4H3,(H,13,16);10H,5-9H2,1-4H3,(H,13,15);7-8H,6H2,1-5H3,(H,12,15)(H,13,14);5H,1-4H3,(H,9,12)(H,10,11);7H,2-6,8H2,1H3;4H,1-3H2;5H,1-4H2;1H3;3*1H/t14-,15+,17+;11-,12+,14+;9-;10-;7-,8-;5-;7-;;;;;;/m1100000....../s1/i;;;;;;;;;1D;;;. The lowest BCUT2D eigenvalue weighted by Gasteiger charge is -2.30. The maximum absolute atomic E-state index is 12.8. The zero-order chi connectivity index (χ0) is 102. The minimum absolute atomic E-state index is 0. The van der Waals surface area contributed by atoms with Crippen molar-refractivity contribution in [3.63, 3.8) is 0 Å². The fourth-order valence-corrected chi connectivity index (χ4v) is 12.6. The van der Waals surface area contributed by atoms with Crippen molar-refractivity contribution in [3.05, 3.63) is 0 Å². The summed E-state index contributed by atoms with van der Waals surface area (Å²) in [7, 11) is 4.31. The van der Waals surface area contributed by atoms with Gasteiger partial charge in [-0.25, -0.2) is 28.8 Å². The highest BCUT2D eigenvalue weighted by Crippen LogP contribution is 2.20. The van der Waals surface area contributed by atoms with E-state index in [1.54, 1.807) is 81.1 Å². The Morgan fingerprint density at radius 1 is 0.425 bits per heavy atom. The Morgan fingerprint density at radius 3 is 1.01 bits per heavy atom. The van der Waals surface area contributed by atoms with Gasteiger partial charge in [0.05, 0.1) is 99.9 Å². The molecule has 0 aliphatic carbocycles. The predicted molar refractivity (Wildman–Crippen MR) is 529 cm³/mol. The van der Waals surface area contributed by atoms with Crippen LogP contribution in [0.25, 0.3) is 0 Å². The van der Waals surface area contributed by atoms with Crippen molar-refractivity contribution in [2.75, 3.05) is 198 Å². The maximum Gasteiger partial charge on any atom is 0.408 e. The lowest BCUT2D eigenvalue weighted by Crippen LogP contribution is -2.51. The monoisotopic (exact) mass is 1990 g/mol. The number of nitrogens with one attached hydrogen (secondary N) is 6. The minimum atomic E-state index is -1.09. The molecule has 1 unspecified atom stereocenters. The molecule has 37 nitrogen and oxygen atoms in total. The van der Waals surface area contributed by atoms with Crippen LogP contribution >= 0.6 is 37.2 Å². The number of rotatable bonds is 28. The van der Waals surface area contributed by atoms with Crippen molar-refractivity contribution in [1.29, 1.82) is 0 Å². The van der Waals surface area contributed by atoms with Crippen molar-refractivity contribution < 1.29 is 121 Å². The normalized spacial score (nSPS) is 19.3. The van der Waals surface area contributed by atoms with Gasteiger partial charge in [-0.15, -0.1) is 37.2 Å². The number of alkyl halides is 1. The highest BCUT2D eigenvalue weighted by molar-refractivity contribution is 6.11. The molecule has 0 aromatic carbocycles. The van der Waals surface area contributed by atoms with Crippen LogP contribution in [0.5, 0.6) is 0 Å². The molecule has 0 aromatic heterocycles. The SMILES string of the molecule is C1COCCN1.CC[C@H](C)[C@H](N)C(=O)C[C@@H](C)CN1CCOCC1.CC[C@H](C)[C@H](NC(=O)OC(C)(C)C)C(=O)C[C@@H](C)CN1CCOCC1.CC[C@H](C)[C@H](NC(=O)OC(C)(C)C)C(=O)O.C[C@@H](CN1CCOCC1)NC(=O)OC(C)(C)C.C[C@H](N)CN1CCOCC1.C[C@H](NC(=O)OC(C)(C)C)C(=O)N1CCOCC1.C[C@H](NC(=O)OC(C)(C)C)C(=O)O.Cl.Cl.Cl.[2H]CF.[B]C1CCCO1. The number of hydrogen-bond acceptors (Lipinski definition) is 29. The topological polar surface area (TPSA) is 462 Å². The van der Waals surface area contributed by atoms with Crippen molar-refractivity contribution in [2.45, 2.75) is 308 Å².